The molecule has 1 aromatic carbocycles. The maximum absolute atomic E-state index is 12.0. The highest BCUT2D eigenvalue weighted by Crippen LogP contribution is 2.20. The van der Waals surface area contributed by atoms with Crippen LogP contribution in [0.4, 0.5) is 0 Å². The predicted octanol–water partition coefficient (Wildman–Crippen LogP) is 3.74. The lowest BCUT2D eigenvalue weighted by Gasteiger charge is -2.40. The van der Waals surface area contributed by atoms with Crippen molar-refractivity contribution in [3.05, 3.63) is 47.5 Å². The first-order valence-electron chi connectivity index (χ1n) is 8.84. The number of allylic oxidation sites excluding steroid dienone is 1. The van der Waals surface area contributed by atoms with E-state index >= 15 is 0 Å². The largest absolute Gasteiger partial charge is 0.462 e. The molecule has 23 heavy (non-hydrogen) atoms. The summed E-state index contributed by atoms with van der Waals surface area (Å²) in [6, 6.07) is 10.6. The number of piperidine rings is 1. The Labute approximate surface area is 140 Å². The van der Waals surface area contributed by atoms with Crippen LogP contribution in [-0.4, -0.2) is 43.2 Å². The summed E-state index contributed by atoms with van der Waals surface area (Å²) in [7, 11) is 0. The van der Waals surface area contributed by atoms with E-state index in [9.17, 15) is 4.79 Å². The van der Waals surface area contributed by atoms with Gasteiger partial charge in [-0.25, -0.2) is 4.79 Å². The molecule has 0 unspecified atom stereocenters. The van der Waals surface area contributed by atoms with E-state index in [-0.39, 0.29) is 5.97 Å². The molecule has 0 spiro atoms. The maximum Gasteiger partial charge on any atom is 0.361 e. The van der Waals surface area contributed by atoms with Gasteiger partial charge in [0.2, 0.25) is 0 Å². The Kier molecular flexibility index (Phi) is 6.85. The molecule has 2 rings (SSSR count). The van der Waals surface area contributed by atoms with Gasteiger partial charge in [0.1, 0.15) is 0 Å². The SMILES string of the molecule is CCOC(=O)C[N+]1(C/C=C(/C)Cc2ccccc2)CCCCC1. The first-order valence-corrected chi connectivity index (χ1v) is 8.84. The highest BCUT2D eigenvalue weighted by molar-refractivity contribution is 5.70. The van der Waals surface area contributed by atoms with E-state index in [1.165, 1.54) is 30.4 Å². The van der Waals surface area contributed by atoms with Crippen molar-refractivity contribution in [3.8, 4) is 0 Å². The summed E-state index contributed by atoms with van der Waals surface area (Å²) in [6.45, 7) is 8.18. The third-order valence-corrected chi connectivity index (χ3v) is 4.69. The highest BCUT2D eigenvalue weighted by atomic mass is 16.5. The fraction of sp³-hybridized carbons (Fsp3) is 0.550. The van der Waals surface area contributed by atoms with Crippen molar-refractivity contribution in [3.63, 3.8) is 0 Å². The molecular weight excluding hydrogens is 286 g/mol. The Bertz CT molecular complexity index is 516. The molecule has 1 heterocycles. The molecular formula is C20H30NO2+. The lowest BCUT2D eigenvalue weighted by atomic mass is 10.0. The van der Waals surface area contributed by atoms with Gasteiger partial charge in [0.25, 0.3) is 0 Å². The summed E-state index contributed by atoms with van der Waals surface area (Å²) in [5, 5.41) is 0. The number of carbonyl (C=O) groups excluding carboxylic acids is 1. The summed E-state index contributed by atoms with van der Waals surface area (Å²) in [5.74, 6) is -0.0523. The minimum absolute atomic E-state index is 0.0523. The Morgan fingerprint density at radius 3 is 2.52 bits per heavy atom. The van der Waals surface area contributed by atoms with E-state index in [4.69, 9.17) is 4.74 Å². The zero-order chi connectivity index (χ0) is 16.5. The van der Waals surface area contributed by atoms with Crippen LogP contribution in [0.25, 0.3) is 0 Å². The van der Waals surface area contributed by atoms with Gasteiger partial charge in [-0.1, -0.05) is 35.9 Å². The summed E-state index contributed by atoms with van der Waals surface area (Å²) in [6.07, 6.45) is 7.03. The first-order chi connectivity index (χ1) is 11.1. The molecule has 126 valence electrons. The number of quaternary nitrogens is 1. The molecule has 3 nitrogen and oxygen atoms in total. The van der Waals surface area contributed by atoms with Crippen molar-refractivity contribution in [2.24, 2.45) is 0 Å². The molecule has 0 radical (unpaired) electrons. The van der Waals surface area contributed by atoms with E-state index in [1.54, 1.807) is 0 Å². The maximum atomic E-state index is 12.0. The monoisotopic (exact) mass is 316 g/mol. The normalized spacial score (nSPS) is 17.7. The topological polar surface area (TPSA) is 26.3 Å². The Morgan fingerprint density at radius 2 is 1.87 bits per heavy atom. The van der Waals surface area contributed by atoms with E-state index in [0.717, 1.165) is 30.5 Å². The third kappa shape index (κ3) is 5.83. The minimum Gasteiger partial charge on any atom is -0.462 e. The lowest BCUT2D eigenvalue weighted by molar-refractivity contribution is -0.920. The van der Waals surface area contributed by atoms with Crippen LogP contribution in [0, 0.1) is 0 Å². The van der Waals surface area contributed by atoms with Crippen LogP contribution in [0.2, 0.25) is 0 Å². The lowest BCUT2D eigenvalue weighted by Crippen LogP contribution is -2.54. The Morgan fingerprint density at radius 1 is 1.17 bits per heavy atom. The number of ether oxygens (including phenoxy) is 1. The number of benzene rings is 1. The summed E-state index contributed by atoms with van der Waals surface area (Å²) >= 11 is 0. The molecule has 1 aromatic rings. The van der Waals surface area contributed by atoms with Crippen LogP contribution in [-0.2, 0) is 16.0 Å². The number of esters is 1. The second-order valence-corrected chi connectivity index (χ2v) is 6.71. The minimum atomic E-state index is -0.0523. The molecule has 1 fully saturated rings. The summed E-state index contributed by atoms with van der Waals surface area (Å²) in [5.41, 5.74) is 2.72. The zero-order valence-corrected chi connectivity index (χ0v) is 14.6. The van der Waals surface area contributed by atoms with Gasteiger partial charge in [-0.05, 0) is 51.2 Å². The zero-order valence-electron chi connectivity index (χ0n) is 14.6. The molecule has 0 aromatic heterocycles. The molecule has 1 aliphatic rings. The van der Waals surface area contributed by atoms with Crippen molar-refractivity contribution >= 4 is 5.97 Å². The molecule has 1 aliphatic heterocycles. The molecule has 1 saturated heterocycles. The molecule has 0 atom stereocenters. The second kappa shape index (κ2) is 8.88. The third-order valence-electron chi connectivity index (χ3n) is 4.69. The predicted molar refractivity (Wildman–Crippen MR) is 94.1 cm³/mol. The number of hydrogen-bond acceptors (Lipinski definition) is 2. The average Bonchev–Trinajstić information content (AvgIpc) is 2.55. The van der Waals surface area contributed by atoms with Gasteiger partial charge >= 0.3 is 5.97 Å². The van der Waals surface area contributed by atoms with E-state index in [0.29, 0.717) is 13.2 Å². The number of carbonyl (C=O) groups is 1. The molecule has 0 saturated carbocycles. The Balaban J connectivity index is 1.99. The van der Waals surface area contributed by atoms with Gasteiger partial charge in [0.15, 0.2) is 6.54 Å². The molecule has 0 aliphatic carbocycles. The van der Waals surface area contributed by atoms with Gasteiger partial charge in [0, 0.05) is 0 Å². The van der Waals surface area contributed by atoms with Crippen LogP contribution in [0.1, 0.15) is 38.7 Å². The number of likely N-dealkylation sites (tertiary alicyclic amines) is 1. The number of rotatable bonds is 7. The van der Waals surface area contributed by atoms with Crippen molar-refractivity contribution in [1.29, 1.82) is 0 Å². The van der Waals surface area contributed by atoms with E-state index in [1.807, 2.05) is 6.92 Å². The quantitative estimate of drug-likeness (QED) is 0.435. The second-order valence-electron chi connectivity index (χ2n) is 6.71. The molecule has 0 N–H and O–H groups in total. The average molecular weight is 316 g/mol. The van der Waals surface area contributed by atoms with Crippen LogP contribution in [0.5, 0.6) is 0 Å². The van der Waals surface area contributed by atoms with Crippen LogP contribution in [0.15, 0.2) is 42.0 Å². The first kappa shape index (κ1) is 17.7. The summed E-state index contributed by atoms with van der Waals surface area (Å²) in [4.78, 5) is 12.0. The standard InChI is InChI=1S/C20H30NO2/c1-3-23-20(22)17-21(13-8-5-9-14-21)15-12-18(2)16-19-10-6-4-7-11-19/h4,6-7,10-12H,3,5,8-9,13-17H2,1-2H3/q+1/b18-12-. The Hall–Kier alpha value is -1.61. The van der Waals surface area contributed by atoms with Crippen molar-refractivity contribution in [2.75, 3.05) is 32.8 Å². The van der Waals surface area contributed by atoms with E-state index < -0.39 is 0 Å². The van der Waals surface area contributed by atoms with Gasteiger partial charge < -0.3 is 9.22 Å². The van der Waals surface area contributed by atoms with Crippen molar-refractivity contribution in [2.45, 2.75) is 39.5 Å². The van der Waals surface area contributed by atoms with Gasteiger partial charge in [-0.3, -0.25) is 0 Å². The van der Waals surface area contributed by atoms with Crippen LogP contribution >= 0.6 is 0 Å². The van der Waals surface area contributed by atoms with Gasteiger partial charge in [-0.2, -0.15) is 0 Å². The highest BCUT2D eigenvalue weighted by Gasteiger charge is 2.32. The number of hydrogen-bond donors (Lipinski definition) is 0. The fourth-order valence-corrected chi connectivity index (χ4v) is 3.41. The number of nitrogens with zero attached hydrogens (tertiary/aromatic N) is 1. The van der Waals surface area contributed by atoms with Crippen molar-refractivity contribution < 1.29 is 14.0 Å². The van der Waals surface area contributed by atoms with Crippen LogP contribution in [0.3, 0.4) is 0 Å². The van der Waals surface area contributed by atoms with Gasteiger partial charge in [-0.15, -0.1) is 0 Å². The fourth-order valence-electron chi connectivity index (χ4n) is 3.41. The van der Waals surface area contributed by atoms with Crippen LogP contribution < -0.4 is 0 Å². The molecule has 3 heteroatoms. The molecule has 0 bridgehead atoms. The smallest absolute Gasteiger partial charge is 0.361 e. The van der Waals surface area contributed by atoms with Crippen molar-refractivity contribution in [1.82, 2.24) is 0 Å². The molecule has 0 amide bonds. The van der Waals surface area contributed by atoms with E-state index in [2.05, 4.69) is 43.3 Å². The summed E-state index contributed by atoms with van der Waals surface area (Å²) < 4.78 is 6.06. The van der Waals surface area contributed by atoms with Gasteiger partial charge in [0.05, 0.1) is 26.2 Å².